The van der Waals surface area contributed by atoms with E-state index in [4.69, 9.17) is 18.9 Å². The number of benzene rings is 3. The summed E-state index contributed by atoms with van der Waals surface area (Å²) >= 11 is 0. The number of aryl methyl sites for hydroxylation is 1. The minimum Gasteiger partial charge on any atom is -0.502 e. The molecule has 208 valence electrons. The van der Waals surface area contributed by atoms with Gasteiger partial charge in [0.15, 0.2) is 0 Å². The van der Waals surface area contributed by atoms with Crippen LogP contribution in [0.5, 0.6) is 11.5 Å². The van der Waals surface area contributed by atoms with E-state index < -0.39 is 0 Å². The summed E-state index contributed by atoms with van der Waals surface area (Å²) in [6.07, 6.45) is 11.8. The van der Waals surface area contributed by atoms with Gasteiger partial charge in [0.1, 0.15) is 11.5 Å². The third kappa shape index (κ3) is 10.9. The monoisotopic (exact) mass is 528 g/mol. The maximum absolute atomic E-state index is 5.93. The lowest BCUT2D eigenvalue weighted by molar-refractivity contribution is 0.239. The molecule has 0 unspecified atom stereocenters. The Kier molecular flexibility index (Phi) is 13.6. The predicted molar refractivity (Wildman–Crippen MR) is 162 cm³/mol. The fraction of sp³-hybridized carbons (Fsp3) is 0.371. The zero-order valence-corrected chi connectivity index (χ0v) is 23.5. The molecule has 39 heavy (non-hydrogen) atoms. The molecule has 4 nitrogen and oxygen atoms in total. The lowest BCUT2D eigenvalue weighted by Gasteiger charge is -2.12. The topological polar surface area (TPSA) is 36.9 Å². The molecule has 0 aliphatic carbocycles. The summed E-state index contributed by atoms with van der Waals surface area (Å²) in [4.78, 5) is 0. The maximum atomic E-state index is 5.93. The maximum Gasteiger partial charge on any atom is 0.119 e. The molecule has 0 saturated carbocycles. The van der Waals surface area contributed by atoms with Crippen molar-refractivity contribution >= 4 is 0 Å². The van der Waals surface area contributed by atoms with Crippen molar-refractivity contribution in [3.05, 3.63) is 98.0 Å². The van der Waals surface area contributed by atoms with Crippen molar-refractivity contribution in [1.29, 1.82) is 0 Å². The van der Waals surface area contributed by atoms with Gasteiger partial charge in [-0.15, -0.1) is 0 Å². The Hall–Kier alpha value is -3.66. The molecule has 3 aromatic rings. The Morgan fingerprint density at radius 1 is 0.513 bits per heavy atom. The van der Waals surface area contributed by atoms with Crippen LogP contribution in [0.4, 0.5) is 0 Å². The zero-order valence-electron chi connectivity index (χ0n) is 23.5. The van der Waals surface area contributed by atoms with Gasteiger partial charge in [0, 0.05) is 0 Å². The predicted octanol–water partition coefficient (Wildman–Crippen LogP) is 9.53. The largest absolute Gasteiger partial charge is 0.502 e. The van der Waals surface area contributed by atoms with Crippen molar-refractivity contribution in [2.75, 3.05) is 26.4 Å². The SMILES string of the molecule is C=COCCCCCCOc1ccc(-c2ccc(-c3ccc(OCCCCCCOC=C)cc3)c(C)c2)cc1. The van der Waals surface area contributed by atoms with Crippen LogP contribution in [0.15, 0.2) is 92.4 Å². The molecule has 4 heteroatoms. The fourth-order valence-electron chi connectivity index (χ4n) is 4.47. The van der Waals surface area contributed by atoms with Gasteiger partial charge in [-0.05, 0) is 110 Å². The summed E-state index contributed by atoms with van der Waals surface area (Å²) in [5.41, 5.74) is 6.09. The van der Waals surface area contributed by atoms with E-state index >= 15 is 0 Å². The number of hydrogen-bond acceptors (Lipinski definition) is 4. The highest BCUT2D eigenvalue weighted by Gasteiger charge is 2.06. The molecule has 0 aliphatic rings. The smallest absolute Gasteiger partial charge is 0.119 e. The second-order valence-corrected chi connectivity index (χ2v) is 9.68. The highest BCUT2D eigenvalue weighted by atomic mass is 16.5. The first kappa shape index (κ1) is 29.9. The van der Waals surface area contributed by atoms with Crippen LogP contribution in [0.3, 0.4) is 0 Å². The Balaban J connectivity index is 1.43. The van der Waals surface area contributed by atoms with Gasteiger partial charge in [-0.1, -0.05) is 55.6 Å². The van der Waals surface area contributed by atoms with Crippen LogP contribution in [-0.2, 0) is 9.47 Å². The van der Waals surface area contributed by atoms with Gasteiger partial charge in [0.2, 0.25) is 0 Å². The van der Waals surface area contributed by atoms with Gasteiger partial charge in [-0.3, -0.25) is 0 Å². The first-order valence-corrected chi connectivity index (χ1v) is 14.2. The van der Waals surface area contributed by atoms with Crippen molar-refractivity contribution in [3.8, 4) is 33.8 Å². The Morgan fingerprint density at radius 3 is 1.41 bits per heavy atom. The molecule has 0 heterocycles. The summed E-state index contributed by atoms with van der Waals surface area (Å²) in [6.45, 7) is 12.3. The molecule has 0 fully saturated rings. The van der Waals surface area contributed by atoms with Crippen LogP contribution >= 0.6 is 0 Å². The van der Waals surface area contributed by atoms with Crippen LogP contribution in [0.1, 0.15) is 56.9 Å². The van der Waals surface area contributed by atoms with Gasteiger partial charge in [0.05, 0.1) is 39.0 Å². The van der Waals surface area contributed by atoms with E-state index in [0.717, 1.165) is 89.3 Å². The average molecular weight is 529 g/mol. The van der Waals surface area contributed by atoms with Crippen LogP contribution in [-0.4, -0.2) is 26.4 Å². The standard InChI is InChI=1S/C35H44O4/c1-4-36-24-10-6-8-12-26-38-33-19-14-30(15-20-33)32-18-23-35(29(3)28-32)31-16-21-34(22-17-31)39-27-13-9-7-11-25-37-5-2/h4-5,14-23,28H,1-2,6-13,24-27H2,3H3. The van der Waals surface area contributed by atoms with E-state index in [2.05, 4.69) is 86.8 Å². The third-order valence-corrected chi connectivity index (χ3v) is 6.67. The van der Waals surface area contributed by atoms with Gasteiger partial charge in [0.25, 0.3) is 0 Å². The van der Waals surface area contributed by atoms with Gasteiger partial charge in [-0.2, -0.15) is 0 Å². The Labute approximate surface area is 235 Å². The molecule has 0 atom stereocenters. The van der Waals surface area contributed by atoms with Crippen molar-refractivity contribution in [2.24, 2.45) is 0 Å². The molecule has 3 aromatic carbocycles. The molecule has 0 spiro atoms. The highest BCUT2D eigenvalue weighted by molar-refractivity contribution is 5.74. The van der Waals surface area contributed by atoms with Crippen molar-refractivity contribution < 1.29 is 18.9 Å². The highest BCUT2D eigenvalue weighted by Crippen LogP contribution is 2.30. The van der Waals surface area contributed by atoms with E-state index in [1.54, 1.807) is 0 Å². The molecular weight excluding hydrogens is 484 g/mol. The molecule has 0 N–H and O–H groups in total. The molecule has 0 saturated heterocycles. The molecule has 0 aliphatic heterocycles. The van der Waals surface area contributed by atoms with Crippen LogP contribution in [0, 0.1) is 6.92 Å². The van der Waals surface area contributed by atoms with Gasteiger partial charge >= 0.3 is 0 Å². The summed E-state index contributed by atoms with van der Waals surface area (Å²) in [6, 6.07) is 23.5. The molecular formula is C35H44O4. The lowest BCUT2D eigenvalue weighted by atomic mass is 9.96. The number of rotatable bonds is 20. The van der Waals surface area contributed by atoms with E-state index in [0.29, 0.717) is 0 Å². The van der Waals surface area contributed by atoms with Crippen molar-refractivity contribution in [3.63, 3.8) is 0 Å². The quantitative estimate of drug-likeness (QED) is 0.108. The van der Waals surface area contributed by atoms with Crippen molar-refractivity contribution in [1.82, 2.24) is 0 Å². The lowest BCUT2D eigenvalue weighted by Crippen LogP contribution is -1.98. The summed E-state index contributed by atoms with van der Waals surface area (Å²) in [7, 11) is 0. The van der Waals surface area contributed by atoms with E-state index in [1.807, 2.05) is 0 Å². The van der Waals surface area contributed by atoms with Crippen LogP contribution in [0.2, 0.25) is 0 Å². The third-order valence-electron chi connectivity index (χ3n) is 6.67. The first-order valence-electron chi connectivity index (χ1n) is 14.2. The fourth-order valence-corrected chi connectivity index (χ4v) is 4.47. The van der Waals surface area contributed by atoms with E-state index in [9.17, 15) is 0 Å². The molecule has 0 radical (unpaired) electrons. The average Bonchev–Trinajstić information content (AvgIpc) is 2.96. The molecule has 0 aromatic heterocycles. The van der Waals surface area contributed by atoms with Crippen molar-refractivity contribution in [2.45, 2.75) is 58.3 Å². The summed E-state index contributed by atoms with van der Waals surface area (Å²) in [5, 5.41) is 0. The zero-order chi connectivity index (χ0) is 27.5. The molecule has 3 rings (SSSR count). The minimum atomic E-state index is 0.742. The second-order valence-electron chi connectivity index (χ2n) is 9.68. The minimum absolute atomic E-state index is 0.742. The Bertz CT molecular complexity index is 1100. The van der Waals surface area contributed by atoms with Gasteiger partial charge in [-0.25, -0.2) is 0 Å². The normalized spacial score (nSPS) is 10.6. The Morgan fingerprint density at radius 2 is 0.949 bits per heavy atom. The van der Waals surface area contributed by atoms with Crippen LogP contribution < -0.4 is 9.47 Å². The van der Waals surface area contributed by atoms with Gasteiger partial charge < -0.3 is 18.9 Å². The van der Waals surface area contributed by atoms with Crippen LogP contribution in [0.25, 0.3) is 22.3 Å². The number of ether oxygens (including phenoxy) is 4. The molecule has 0 amide bonds. The van der Waals surface area contributed by atoms with E-state index in [-0.39, 0.29) is 0 Å². The summed E-state index contributed by atoms with van der Waals surface area (Å²) in [5.74, 6) is 1.84. The molecule has 0 bridgehead atoms. The second kappa shape index (κ2) is 17.8. The first-order chi connectivity index (χ1) is 19.2. The summed E-state index contributed by atoms with van der Waals surface area (Å²) < 4.78 is 22.2. The number of unbranched alkanes of at least 4 members (excludes halogenated alkanes) is 6. The van der Waals surface area contributed by atoms with E-state index in [1.165, 1.54) is 40.3 Å². The number of hydrogen-bond donors (Lipinski definition) is 0.